The third kappa shape index (κ3) is 6.42. The number of nitrogens with zero attached hydrogens (tertiary/aromatic N) is 3. The number of halogens is 1. The molecular formula is C26H30FN3O4S. The number of allylic oxidation sites excluding steroid dienone is 1. The van der Waals surface area contributed by atoms with Gasteiger partial charge in [0, 0.05) is 6.07 Å². The van der Waals surface area contributed by atoms with E-state index in [4.69, 9.17) is 9.47 Å². The lowest BCUT2D eigenvalue weighted by molar-refractivity contribution is -0.137. The zero-order valence-electron chi connectivity index (χ0n) is 20.0. The summed E-state index contributed by atoms with van der Waals surface area (Å²) in [5.41, 5.74) is 3.36. The fraction of sp³-hybridized carbons (Fsp3) is 0.346. The molecule has 1 fully saturated rings. The Morgan fingerprint density at radius 2 is 2.00 bits per heavy atom. The zero-order chi connectivity index (χ0) is 24.2. The highest BCUT2D eigenvalue weighted by molar-refractivity contribution is 7.59. The van der Waals surface area contributed by atoms with E-state index in [1.807, 2.05) is 44.2 Å². The van der Waals surface area contributed by atoms with Crippen molar-refractivity contribution in [1.29, 1.82) is 0 Å². The first kappa shape index (κ1) is 26.3. The Bertz CT molecular complexity index is 1220. The minimum absolute atomic E-state index is 0. The topological polar surface area (TPSA) is 86.5 Å². The molecule has 0 aliphatic heterocycles. The van der Waals surface area contributed by atoms with Gasteiger partial charge in [0.25, 0.3) is 0 Å². The summed E-state index contributed by atoms with van der Waals surface area (Å²) < 4.78 is 27.3. The normalized spacial score (nSPS) is 13.5. The Kier molecular flexibility index (Phi) is 8.56. The van der Waals surface area contributed by atoms with E-state index in [1.165, 1.54) is 17.9 Å². The number of ether oxygens (including phenoxy) is 2. The first-order valence-corrected chi connectivity index (χ1v) is 11.2. The number of carboxylic acids is 1. The van der Waals surface area contributed by atoms with Crippen LogP contribution in [0.25, 0.3) is 11.8 Å². The van der Waals surface area contributed by atoms with Crippen molar-refractivity contribution in [2.75, 3.05) is 7.11 Å². The van der Waals surface area contributed by atoms with Crippen LogP contribution in [0.15, 0.2) is 48.0 Å². The van der Waals surface area contributed by atoms with Gasteiger partial charge in [0.1, 0.15) is 35.3 Å². The van der Waals surface area contributed by atoms with Crippen molar-refractivity contribution in [3.05, 3.63) is 70.8 Å². The Labute approximate surface area is 211 Å². The molecule has 7 nitrogen and oxygen atoms in total. The number of hydrogen-bond acceptors (Lipinski definition) is 5. The molecular weight excluding hydrogens is 469 g/mol. The van der Waals surface area contributed by atoms with Crippen LogP contribution < -0.4 is 9.47 Å². The minimum Gasteiger partial charge on any atom is -0.497 e. The highest BCUT2D eigenvalue weighted by Gasteiger charge is 2.33. The van der Waals surface area contributed by atoms with Crippen molar-refractivity contribution in [2.45, 2.75) is 45.6 Å². The number of carbonyl (C=O) groups is 1. The maximum atomic E-state index is 14.6. The van der Waals surface area contributed by atoms with Crippen molar-refractivity contribution in [3.63, 3.8) is 0 Å². The van der Waals surface area contributed by atoms with Crippen LogP contribution in [0.4, 0.5) is 4.39 Å². The van der Waals surface area contributed by atoms with Crippen LogP contribution in [-0.2, 0) is 11.4 Å². The lowest BCUT2D eigenvalue weighted by atomic mass is 9.91. The first-order valence-electron chi connectivity index (χ1n) is 11.2. The summed E-state index contributed by atoms with van der Waals surface area (Å²) in [4.78, 5) is 11.3. The van der Waals surface area contributed by atoms with E-state index in [0.29, 0.717) is 28.8 Å². The van der Waals surface area contributed by atoms with Crippen LogP contribution >= 0.6 is 13.5 Å². The third-order valence-electron chi connectivity index (χ3n) is 5.83. The lowest BCUT2D eigenvalue weighted by Crippen LogP contribution is -2.08. The fourth-order valence-corrected chi connectivity index (χ4v) is 4.03. The number of carboxylic acid groups (broad SMARTS) is 1. The van der Waals surface area contributed by atoms with E-state index < -0.39 is 11.8 Å². The number of hydrogen-bond donors (Lipinski definition) is 1. The van der Waals surface area contributed by atoms with Crippen molar-refractivity contribution in [1.82, 2.24) is 15.0 Å². The number of benzene rings is 2. The van der Waals surface area contributed by atoms with Crippen LogP contribution in [0.2, 0.25) is 0 Å². The number of methoxy groups -OCH3 is 1. The molecule has 0 saturated heterocycles. The van der Waals surface area contributed by atoms with Gasteiger partial charge in [-0.15, -0.1) is 5.10 Å². The fourth-order valence-electron chi connectivity index (χ4n) is 4.03. The molecule has 1 saturated carbocycles. The SMILES string of the molecule is COc1ccc(F)c(-n2nnc(COc3cccc([C@@H](CC(=O)O)C4CC4)c3)c2C=C(C)C)c1.S. The molecule has 0 unspecified atom stereocenters. The van der Waals surface area contributed by atoms with Crippen LogP contribution in [0.1, 0.15) is 56.0 Å². The minimum atomic E-state index is -0.795. The van der Waals surface area contributed by atoms with Crippen molar-refractivity contribution in [2.24, 2.45) is 5.92 Å². The standard InChI is InChI=1S/C26H28FN3O4.H2S/c1-16(2)11-25-23(28-29-30(25)24-13-19(33-3)9-10-22(24)27)15-34-20-6-4-5-18(12-20)21(14-26(31)32)17-7-8-17;/h4-6,9-13,17,21H,7-8,14-15H2,1-3H3,(H,31,32);1H2/t21-;/m0./s1. The van der Waals surface area contributed by atoms with Gasteiger partial charge in [-0.05, 0) is 74.4 Å². The van der Waals surface area contributed by atoms with E-state index in [2.05, 4.69) is 10.3 Å². The molecule has 1 aliphatic rings. The van der Waals surface area contributed by atoms with E-state index in [9.17, 15) is 14.3 Å². The molecule has 9 heteroatoms. The molecule has 2 aromatic carbocycles. The van der Waals surface area contributed by atoms with Gasteiger partial charge < -0.3 is 14.6 Å². The van der Waals surface area contributed by atoms with Gasteiger partial charge in [-0.3, -0.25) is 4.79 Å². The molecule has 186 valence electrons. The van der Waals surface area contributed by atoms with E-state index >= 15 is 0 Å². The summed E-state index contributed by atoms with van der Waals surface area (Å²) in [6, 6.07) is 12.0. The van der Waals surface area contributed by atoms with Crippen LogP contribution in [0, 0.1) is 11.7 Å². The summed E-state index contributed by atoms with van der Waals surface area (Å²) in [6.07, 6.45) is 4.10. The molecule has 0 amide bonds. The molecule has 1 atom stereocenters. The monoisotopic (exact) mass is 499 g/mol. The van der Waals surface area contributed by atoms with E-state index in [0.717, 1.165) is 24.0 Å². The highest BCUT2D eigenvalue weighted by Crippen LogP contribution is 2.45. The summed E-state index contributed by atoms with van der Waals surface area (Å²) in [6.45, 7) is 4.00. The molecule has 0 radical (unpaired) electrons. The van der Waals surface area contributed by atoms with Gasteiger partial charge in [-0.25, -0.2) is 9.07 Å². The highest BCUT2D eigenvalue weighted by atomic mass is 32.1. The predicted octanol–water partition coefficient (Wildman–Crippen LogP) is 5.50. The quantitative estimate of drug-likeness (QED) is 0.397. The summed E-state index contributed by atoms with van der Waals surface area (Å²) in [7, 11) is 1.52. The van der Waals surface area contributed by atoms with Gasteiger partial charge in [0.2, 0.25) is 0 Å². The number of aliphatic carboxylic acids is 1. The number of rotatable bonds is 10. The Hall–Kier alpha value is -3.33. The van der Waals surface area contributed by atoms with Crippen molar-refractivity contribution < 1.29 is 23.8 Å². The van der Waals surface area contributed by atoms with Crippen LogP contribution in [-0.4, -0.2) is 33.2 Å². The molecule has 1 aromatic heterocycles. The largest absolute Gasteiger partial charge is 0.497 e. The maximum Gasteiger partial charge on any atom is 0.303 e. The Morgan fingerprint density at radius 1 is 1.23 bits per heavy atom. The molecule has 3 aromatic rings. The second-order valence-corrected chi connectivity index (χ2v) is 8.78. The Balaban J connectivity index is 0.00000342. The summed E-state index contributed by atoms with van der Waals surface area (Å²) in [5.74, 6) is 0.289. The number of aromatic nitrogens is 3. The van der Waals surface area contributed by atoms with Crippen LogP contribution in [0.5, 0.6) is 11.5 Å². The zero-order valence-corrected chi connectivity index (χ0v) is 21.0. The molecule has 1 heterocycles. The molecule has 1 aliphatic carbocycles. The average Bonchev–Trinajstić information content (AvgIpc) is 3.58. The summed E-state index contributed by atoms with van der Waals surface area (Å²) in [5, 5.41) is 17.7. The maximum absolute atomic E-state index is 14.6. The van der Waals surface area contributed by atoms with Gasteiger partial charge in [0.05, 0.1) is 19.2 Å². The second-order valence-electron chi connectivity index (χ2n) is 8.78. The molecule has 0 spiro atoms. The van der Waals surface area contributed by atoms with Gasteiger partial charge >= 0.3 is 5.97 Å². The second kappa shape index (κ2) is 11.4. The predicted molar refractivity (Wildman–Crippen MR) is 136 cm³/mol. The van der Waals surface area contributed by atoms with Crippen molar-refractivity contribution in [3.8, 4) is 17.2 Å². The smallest absolute Gasteiger partial charge is 0.303 e. The molecule has 4 rings (SSSR count). The van der Waals surface area contributed by atoms with E-state index in [-0.39, 0.29) is 38.1 Å². The van der Waals surface area contributed by atoms with Crippen LogP contribution in [0.3, 0.4) is 0 Å². The van der Waals surface area contributed by atoms with Gasteiger partial charge in [-0.1, -0.05) is 22.9 Å². The van der Waals surface area contributed by atoms with Gasteiger partial charge in [-0.2, -0.15) is 13.5 Å². The molecule has 35 heavy (non-hydrogen) atoms. The lowest BCUT2D eigenvalue weighted by Gasteiger charge is -2.16. The van der Waals surface area contributed by atoms with E-state index in [1.54, 1.807) is 12.1 Å². The van der Waals surface area contributed by atoms with Crippen molar-refractivity contribution >= 4 is 25.5 Å². The Morgan fingerprint density at radius 3 is 2.66 bits per heavy atom. The first-order chi connectivity index (χ1) is 16.4. The third-order valence-corrected chi connectivity index (χ3v) is 5.83. The molecule has 0 bridgehead atoms. The van der Waals surface area contributed by atoms with Gasteiger partial charge in [0.15, 0.2) is 0 Å². The average molecular weight is 500 g/mol. The molecule has 1 N–H and O–H groups in total. The summed E-state index contributed by atoms with van der Waals surface area (Å²) >= 11 is 0.